The number of ether oxygens (including phenoxy) is 1. The van der Waals surface area contributed by atoms with E-state index in [1.165, 1.54) is 35.3 Å². The van der Waals surface area contributed by atoms with Crippen LogP contribution in [-0.2, 0) is 11.2 Å². The summed E-state index contributed by atoms with van der Waals surface area (Å²) in [5.41, 5.74) is 3.91. The number of carbonyl (C=O) groups is 2. The van der Waals surface area contributed by atoms with Gasteiger partial charge in [0, 0.05) is 11.6 Å². The standard InChI is InChI=1S/C29H28F3N7O3/c1-18-5-3-4-6-24(18)39-25(40)16-33-27(39)36-28(41)35-19(2)15-20-7-9-21(10-8-20)26-34-17-38(37-26)22-11-13-23(14-12-22)42-29(30,31)32/h3-14,17,19,27,33H,15-16H2,1-2H3,(H2,35,36,41). The number of rotatable bonds is 8. The first-order chi connectivity index (χ1) is 20.1. The highest BCUT2D eigenvalue weighted by atomic mass is 19.4. The Morgan fingerprint density at radius 3 is 2.50 bits per heavy atom. The van der Waals surface area contributed by atoms with E-state index < -0.39 is 18.7 Å². The maximum atomic E-state index is 12.7. The van der Waals surface area contributed by atoms with E-state index >= 15 is 0 Å². The summed E-state index contributed by atoms with van der Waals surface area (Å²) in [6.45, 7) is 3.91. The van der Waals surface area contributed by atoms with E-state index in [4.69, 9.17) is 0 Å². The predicted molar refractivity (Wildman–Crippen MR) is 149 cm³/mol. The average Bonchev–Trinajstić information content (AvgIpc) is 3.56. The summed E-state index contributed by atoms with van der Waals surface area (Å²) in [6.07, 6.45) is -3.39. The summed E-state index contributed by atoms with van der Waals surface area (Å²) in [6, 6.07) is 19.7. The fourth-order valence-electron chi connectivity index (χ4n) is 4.63. The zero-order valence-corrected chi connectivity index (χ0v) is 22.7. The van der Waals surface area contributed by atoms with Gasteiger partial charge in [-0.2, -0.15) is 0 Å². The van der Waals surface area contributed by atoms with Crippen LogP contribution in [0.1, 0.15) is 18.1 Å². The number of amides is 3. The zero-order chi connectivity index (χ0) is 29.9. The first-order valence-corrected chi connectivity index (χ1v) is 13.1. The Labute approximate surface area is 239 Å². The summed E-state index contributed by atoms with van der Waals surface area (Å²) in [5, 5.41) is 13.2. The van der Waals surface area contributed by atoms with Gasteiger partial charge in [-0.3, -0.25) is 15.0 Å². The fraction of sp³-hybridized carbons (Fsp3) is 0.241. The van der Waals surface area contributed by atoms with Crippen LogP contribution in [0.2, 0.25) is 0 Å². The number of halogens is 3. The number of hydrogen-bond donors (Lipinski definition) is 3. The molecule has 2 heterocycles. The van der Waals surface area contributed by atoms with Crippen molar-refractivity contribution >= 4 is 17.6 Å². The van der Waals surface area contributed by atoms with Gasteiger partial charge in [-0.25, -0.2) is 14.5 Å². The van der Waals surface area contributed by atoms with Gasteiger partial charge in [0.25, 0.3) is 0 Å². The number of para-hydroxylation sites is 1. The third kappa shape index (κ3) is 6.86. The van der Waals surface area contributed by atoms with Crippen molar-refractivity contribution in [1.29, 1.82) is 0 Å². The summed E-state index contributed by atoms with van der Waals surface area (Å²) >= 11 is 0. The summed E-state index contributed by atoms with van der Waals surface area (Å²) in [7, 11) is 0. The normalized spacial score (nSPS) is 15.9. The Morgan fingerprint density at radius 2 is 1.81 bits per heavy atom. The molecule has 0 spiro atoms. The topological polar surface area (TPSA) is 113 Å². The highest BCUT2D eigenvalue weighted by Gasteiger charge is 2.34. The van der Waals surface area contributed by atoms with Gasteiger partial charge in [0.15, 0.2) is 12.1 Å². The predicted octanol–water partition coefficient (Wildman–Crippen LogP) is 4.29. The second-order valence-corrected chi connectivity index (χ2v) is 9.81. The summed E-state index contributed by atoms with van der Waals surface area (Å²) in [5.74, 6) is -0.00652. The third-order valence-electron chi connectivity index (χ3n) is 6.57. The van der Waals surface area contributed by atoms with Crippen LogP contribution < -0.4 is 25.6 Å². The number of aromatic nitrogens is 3. The van der Waals surface area contributed by atoms with Crippen LogP contribution in [0.5, 0.6) is 5.75 Å². The van der Waals surface area contributed by atoms with E-state index in [1.54, 1.807) is 4.90 Å². The summed E-state index contributed by atoms with van der Waals surface area (Å²) < 4.78 is 42.5. The number of nitrogens with zero attached hydrogens (tertiary/aromatic N) is 4. The molecule has 10 nitrogen and oxygen atoms in total. The molecule has 1 fully saturated rings. The van der Waals surface area contributed by atoms with Gasteiger partial charge < -0.3 is 15.4 Å². The fourth-order valence-corrected chi connectivity index (χ4v) is 4.63. The van der Waals surface area contributed by atoms with Gasteiger partial charge in [0.05, 0.1) is 17.9 Å². The number of aryl methyl sites for hydroxylation is 1. The maximum absolute atomic E-state index is 12.7. The number of urea groups is 1. The van der Waals surface area contributed by atoms with Crippen molar-refractivity contribution in [2.45, 2.75) is 39.0 Å². The van der Waals surface area contributed by atoms with E-state index in [0.717, 1.165) is 22.4 Å². The number of alkyl halides is 3. The van der Waals surface area contributed by atoms with Crippen LogP contribution >= 0.6 is 0 Å². The van der Waals surface area contributed by atoms with E-state index in [9.17, 15) is 22.8 Å². The molecule has 1 saturated heterocycles. The maximum Gasteiger partial charge on any atom is 0.573 e. The van der Waals surface area contributed by atoms with Crippen molar-refractivity contribution in [2.24, 2.45) is 0 Å². The molecule has 13 heteroatoms. The van der Waals surface area contributed by atoms with E-state index in [1.807, 2.05) is 62.4 Å². The first-order valence-electron chi connectivity index (χ1n) is 13.1. The lowest BCUT2D eigenvalue weighted by Gasteiger charge is -2.27. The Hall–Kier alpha value is -4.91. The molecular weight excluding hydrogens is 551 g/mol. The number of nitrogens with one attached hydrogen (secondary N) is 3. The van der Waals surface area contributed by atoms with Gasteiger partial charge in [0.2, 0.25) is 5.91 Å². The van der Waals surface area contributed by atoms with Crippen LogP contribution in [0.25, 0.3) is 17.1 Å². The van der Waals surface area contributed by atoms with Crippen molar-refractivity contribution in [3.63, 3.8) is 0 Å². The van der Waals surface area contributed by atoms with Crippen molar-refractivity contribution in [3.8, 4) is 22.8 Å². The van der Waals surface area contributed by atoms with Crippen molar-refractivity contribution in [3.05, 3.63) is 90.3 Å². The number of benzene rings is 3. The molecular formula is C29H28F3N7O3. The zero-order valence-electron chi connectivity index (χ0n) is 22.7. The molecule has 1 aliphatic heterocycles. The van der Waals surface area contributed by atoms with Crippen LogP contribution in [-0.4, -0.2) is 51.9 Å². The van der Waals surface area contributed by atoms with Crippen molar-refractivity contribution < 1.29 is 27.5 Å². The minimum Gasteiger partial charge on any atom is -0.406 e. The highest BCUT2D eigenvalue weighted by Crippen LogP contribution is 2.25. The Morgan fingerprint density at radius 1 is 1.10 bits per heavy atom. The van der Waals surface area contributed by atoms with Gasteiger partial charge in [-0.15, -0.1) is 18.3 Å². The lowest BCUT2D eigenvalue weighted by atomic mass is 10.1. The van der Waals surface area contributed by atoms with E-state index in [2.05, 4.69) is 30.8 Å². The van der Waals surface area contributed by atoms with Crippen LogP contribution in [0, 0.1) is 6.92 Å². The molecule has 218 valence electrons. The Bertz CT molecular complexity index is 1560. The van der Waals surface area contributed by atoms with Crippen molar-refractivity contribution in [2.75, 3.05) is 11.4 Å². The second kappa shape index (κ2) is 11.9. The van der Waals surface area contributed by atoms with E-state index in [0.29, 0.717) is 17.9 Å². The van der Waals surface area contributed by atoms with Crippen molar-refractivity contribution in [1.82, 2.24) is 30.7 Å². The molecule has 2 atom stereocenters. The molecule has 1 aromatic heterocycles. The number of carbonyl (C=O) groups excluding carboxylic acids is 2. The van der Waals surface area contributed by atoms with E-state index in [-0.39, 0.29) is 24.2 Å². The SMILES string of the molecule is Cc1ccccc1N1C(=O)CNC1NC(=O)NC(C)Cc1ccc(-c2ncn(-c3ccc(OC(F)(F)F)cc3)n2)cc1. The molecule has 1 aliphatic rings. The number of anilines is 1. The monoisotopic (exact) mass is 579 g/mol. The average molecular weight is 580 g/mol. The summed E-state index contributed by atoms with van der Waals surface area (Å²) in [4.78, 5) is 31.1. The van der Waals surface area contributed by atoms with Crippen LogP contribution in [0.4, 0.5) is 23.7 Å². The minimum atomic E-state index is -4.76. The lowest BCUT2D eigenvalue weighted by molar-refractivity contribution is -0.274. The Kier molecular flexibility index (Phi) is 8.11. The largest absolute Gasteiger partial charge is 0.573 e. The molecule has 2 unspecified atom stereocenters. The second-order valence-electron chi connectivity index (χ2n) is 9.81. The van der Waals surface area contributed by atoms with Crippen LogP contribution in [0.15, 0.2) is 79.1 Å². The van der Waals surface area contributed by atoms with Gasteiger partial charge >= 0.3 is 12.4 Å². The molecule has 0 bridgehead atoms. The lowest BCUT2D eigenvalue weighted by Crippen LogP contribution is -2.55. The molecule has 0 aliphatic carbocycles. The molecule has 3 N–H and O–H groups in total. The first kappa shape index (κ1) is 28.6. The van der Waals surface area contributed by atoms with Gasteiger partial charge in [-0.1, -0.05) is 42.5 Å². The third-order valence-corrected chi connectivity index (χ3v) is 6.57. The van der Waals surface area contributed by atoms with Crippen LogP contribution in [0.3, 0.4) is 0 Å². The minimum absolute atomic E-state index is 0.122. The molecule has 5 rings (SSSR count). The quantitative estimate of drug-likeness (QED) is 0.287. The highest BCUT2D eigenvalue weighted by molar-refractivity contribution is 5.98. The molecule has 3 aromatic carbocycles. The molecule has 4 aromatic rings. The number of hydrogen-bond acceptors (Lipinski definition) is 6. The van der Waals surface area contributed by atoms with Gasteiger partial charge in [-0.05, 0) is 61.7 Å². The van der Waals surface area contributed by atoms with Gasteiger partial charge in [0.1, 0.15) is 12.1 Å². The molecule has 42 heavy (non-hydrogen) atoms. The Balaban J connectivity index is 1.15. The molecule has 0 radical (unpaired) electrons. The molecule has 3 amide bonds. The smallest absolute Gasteiger partial charge is 0.406 e. The molecule has 0 saturated carbocycles.